The van der Waals surface area contributed by atoms with E-state index in [9.17, 15) is 4.79 Å². The molecule has 0 atom stereocenters. The monoisotopic (exact) mass is 245 g/mol. The second kappa shape index (κ2) is 7.14. The van der Waals surface area contributed by atoms with Gasteiger partial charge in [-0.1, -0.05) is 11.7 Å². The molecule has 0 spiro atoms. The molecular weight excluding hydrogens is 230 g/mol. The van der Waals surface area contributed by atoms with E-state index in [1.807, 2.05) is 6.92 Å². The van der Waals surface area contributed by atoms with Crippen LogP contribution in [0.15, 0.2) is 41.5 Å². The summed E-state index contributed by atoms with van der Waals surface area (Å²) >= 11 is 0. The van der Waals surface area contributed by atoms with Gasteiger partial charge in [0.05, 0.1) is 0 Å². The van der Waals surface area contributed by atoms with Crippen LogP contribution in [0, 0.1) is 0 Å². The molecule has 5 heteroatoms. The number of hydrogen-bond donors (Lipinski definition) is 0. The van der Waals surface area contributed by atoms with Crippen LogP contribution in [0.5, 0.6) is 5.75 Å². The van der Waals surface area contributed by atoms with Crippen LogP contribution in [0.4, 0.5) is 0 Å². The Hall–Kier alpha value is -2.26. The quantitative estimate of drug-likeness (QED) is 0.242. The predicted octanol–water partition coefficient (Wildman–Crippen LogP) is 3.52. The number of rotatable bonds is 7. The molecule has 1 aromatic carbocycles. The van der Waals surface area contributed by atoms with Gasteiger partial charge in [0.2, 0.25) is 0 Å². The summed E-state index contributed by atoms with van der Waals surface area (Å²) in [5, 5.41) is 3.33. The van der Waals surface area contributed by atoms with Crippen LogP contribution in [0.25, 0.3) is 10.4 Å². The normalized spacial score (nSPS) is 9.39. The van der Waals surface area contributed by atoms with Gasteiger partial charge in [-0.15, -0.1) is 0 Å². The highest BCUT2D eigenvalue weighted by atomic mass is 16.5. The van der Waals surface area contributed by atoms with E-state index < -0.39 is 0 Å². The van der Waals surface area contributed by atoms with E-state index in [-0.39, 0.29) is 18.7 Å². The molecule has 0 N–H and O–H groups in total. The molecule has 1 aromatic rings. The molecule has 0 saturated carbocycles. The van der Waals surface area contributed by atoms with Crippen molar-refractivity contribution in [2.75, 3.05) is 13.2 Å². The molecule has 0 saturated heterocycles. The lowest BCUT2D eigenvalue weighted by atomic mass is 10.1. The van der Waals surface area contributed by atoms with E-state index in [0.717, 1.165) is 5.57 Å². The summed E-state index contributed by atoms with van der Waals surface area (Å²) in [6.07, 6.45) is 0.218. The lowest BCUT2D eigenvalue weighted by Crippen LogP contribution is -2.01. The van der Waals surface area contributed by atoms with Crippen molar-refractivity contribution in [3.8, 4) is 5.75 Å². The Balaban J connectivity index is 2.56. The molecule has 0 fully saturated rings. The highest BCUT2D eigenvalue weighted by Crippen LogP contribution is 2.14. The first-order chi connectivity index (χ1) is 8.63. The molecule has 0 unspecified atom stereocenters. The molecular formula is C13H15N3O2. The Morgan fingerprint density at radius 1 is 1.44 bits per heavy atom. The van der Waals surface area contributed by atoms with Gasteiger partial charge in [0.15, 0.2) is 5.78 Å². The summed E-state index contributed by atoms with van der Waals surface area (Å²) in [5.74, 6) is 0.651. The third-order valence-electron chi connectivity index (χ3n) is 2.16. The molecule has 18 heavy (non-hydrogen) atoms. The Morgan fingerprint density at radius 2 is 2.11 bits per heavy atom. The minimum Gasteiger partial charge on any atom is -0.489 e. The Labute approximate surface area is 106 Å². The number of nitrogens with zero attached hydrogens (tertiary/aromatic N) is 3. The molecule has 0 amide bonds. The van der Waals surface area contributed by atoms with Gasteiger partial charge in [-0.2, -0.15) is 0 Å². The number of ether oxygens (including phenoxy) is 1. The first-order valence-electron chi connectivity index (χ1n) is 5.55. The van der Waals surface area contributed by atoms with E-state index in [0.29, 0.717) is 17.9 Å². The van der Waals surface area contributed by atoms with Crippen molar-refractivity contribution in [1.82, 2.24) is 0 Å². The SMILES string of the molecule is C=C(C)COc1ccc(C(=O)CCN=[N+]=[N-])cc1. The fourth-order valence-corrected chi connectivity index (χ4v) is 1.28. The molecule has 1 rings (SSSR count). The standard InChI is InChI=1S/C13H15N3O2/c1-10(2)9-18-12-5-3-11(4-6-12)13(17)7-8-15-16-14/h3-6H,1,7-9H2,2H3. The predicted molar refractivity (Wildman–Crippen MR) is 69.7 cm³/mol. The summed E-state index contributed by atoms with van der Waals surface area (Å²) in [6, 6.07) is 6.88. The summed E-state index contributed by atoms with van der Waals surface area (Å²) in [5.41, 5.74) is 9.64. The van der Waals surface area contributed by atoms with Gasteiger partial charge in [0.25, 0.3) is 0 Å². The molecule has 0 aliphatic heterocycles. The average Bonchev–Trinajstić information content (AvgIpc) is 2.37. The smallest absolute Gasteiger partial charge is 0.163 e. The van der Waals surface area contributed by atoms with Crippen molar-refractivity contribution < 1.29 is 9.53 Å². The Morgan fingerprint density at radius 3 is 2.67 bits per heavy atom. The first kappa shape index (κ1) is 13.8. The van der Waals surface area contributed by atoms with Gasteiger partial charge >= 0.3 is 0 Å². The van der Waals surface area contributed by atoms with Crippen molar-refractivity contribution in [3.05, 3.63) is 52.4 Å². The van der Waals surface area contributed by atoms with Crippen LogP contribution in [0.1, 0.15) is 23.7 Å². The number of carbonyl (C=O) groups is 1. The number of Topliss-reactive ketones (excluding diaryl/α,β-unsaturated/α-hetero) is 1. The van der Waals surface area contributed by atoms with Gasteiger partial charge in [-0.3, -0.25) is 4.79 Å². The van der Waals surface area contributed by atoms with Gasteiger partial charge < -0.3 is 4.74 Å². The van der Waals surface area contributed by atoms with Crippen LogP contribution < -0.4 is 4.74 Å². The van der Waals surface area contributed by atoms with Gasteiger partial charge in [-0.25, -0.2) is 0 Å². The van der Waals surface area contributed by atoms with Gasteiger partial charge in [0, 0.05) is 23.4 Å². The second-order valence-electron chi connectivity index (χ2n) is 3.90. The number of ketones is 1. The summed E-state index contributed by atoms with van der Waals surface area (Å²) in [4.78, 5) is 14.3. The maximum Gasteiger partial charge on any atom is 0.163 e. The number of carbonyl (C=O) groups excluding carboxylic acids is 1. The van der Waals surface area contributed by atoms with Crippen LogP contribution >= 0.6 is 0 Å². The van der Waals surface area contributed by atoms with Crippen molar-refractivity contribution in [2.45, 2.75) is 13.3 Å². The minimum atomic E-state index is -0.0474. The van der Waals surface area contributed by atoms with Crippen LogP contribution in [0.3, 0.4) is 0 Å². The molecule has 0 bridgehead atoms. The maximum absolute atomic E-state index is 11.7. The summed E-state index contributed by atoms with van der Waals surface area (Å²) in [7, 11) is 0. The van der Waals surface area contributed by atoms with E-state index >= 15 is 0 Å². The number of benzene rings is 1. The van der Waals surface area contributed by atoms with E-state index in [1.54, 1.807) is 24.3 Å². The maximum atomic E-state index is 11.7. The third kappa shape index (κ3) is 4.72. The minimum absolute atomic E-state index is 0.0474. The van der Waals surface area contributed by atoms with Gasteiger partial charge in [-0.05, 0) is 42.3 Å². The average molecular weight is 245 g/mol. The largest absolute Gasteiger partial charge is 0.489 e. The van der Waals surface area contributed by atoms with Crippen molar-refractivity contribution in [2.24, 2.45) is 5.11 Å². The fraction of sp³-hybridized carbons (Fsp3) is 0.308. The summed E-state index contributed by atoms with van der Waals surface area (Å²) in [6.45, 7) is 6.27. The molecule has 0 aliphatic carbocycles. The Kier molecular flexibility index (Phi) is 5.48. The number of hydrogen-bond acceptors (Lipinski definition) is 3. The molecule has 94 valence electrons. The number of azide groups is 1. The zero-order valence-corrected chi connectivity index (χ0v) is 10.3. The lowest BCUT2D eigenvalue weighted by Gasteiger charge is -2.06. The van der Waals surface area contributed by atoms with Crippen molar-refractivity contribution in [1.29, 1.82) is 0 Å². The molecule has 0 radical (unpaired) electrons. The third-order valence-corrected chi connectivity index (χ3v) is 2.16. The molecule has 0 heterocycles. The van der Waals surface area contributed by atoms with Crippen LogP contribution in [0.2, 0.25) is 0 Å². The zero-order valence-electron chi connectivity index (χ0n) is 10.3. The van der Waals surface area contributed by atoms with Crippen LogP contribution in [-0.4, -0.2) is 18.9 Å². The summed E-state index contributed by atoms with van der Waals surface area (Å²) < 4.78 is 5.42. The second-order valence-corrected chi connectivity index (χ2v) is 3.90. The first-order valence-corrected chi connectivity index (χ1v) is 5.55. The van der Waals surface area contributed by atoms with E-state index in [2.05, 4.69) is 16.6 Å². The van der Waals surface area contributed by atoms with Gasteiger partial charge in [0.1, 0.15) is 12.4 Å². The van der Waals surface area contributed by atoms with E-state index in [1.165, 1.54) is 0 Å². The highest BCUT2D eigenvalue weighted by molar-refractivity contribution is 5.96. The lowest BCUT2D eigenvalue weighted by molar-refractivity contribution is 0.0985. The molecule has 5 nitrogen and oxygen atoms in total. The zero-order chi connectivity index (χ0) is 13.4. The van der Waals surface area contributed by atoms with Crippen LogP contribution in [-0.2, 0) is 0 Å². The molecule has 0 aromatic heterocycles. The Bertz CT molecular complexity index is 474. The van der Waals surface area contributed by atoms with Crippen molar-refractivity contribution in [3.63, 3.8) is 0 Å². The van der Waals surface area contributed by atoms with Crippen molar-refractivity contribution >= 4 is 5.78 Å². The fourth-order valence-electron chi connectivity index (χ4n) is 1.28. The van der Waals surface area contributed by atoms with E-state index in [4.69, 9.17) is 10.3 Å². The molecule has 0 aliphatic rings. The highest BCUT2D eigenvalue weighted by Gasteiger charge is 2.05. The topological polar surface area (TPSA) is 75.1 Å².